The van der Waals surface area contributed by atoms with Crippen molar-refractivity contribution in [2.45, 2.75) is 20.3 Å². The van der Waals surface area contributed by atoms with Gasteiger partial charge in [-0.05, 0) is 25.0 Å². The zero-order valence-electron chi connectivity index (χ0n) is 12.5. The van der Waals surface area contributed by atoms with E-state index in [4.69, 9.17) is 0 Å². The highest BCUT2D eigenvalue weighted by molar-refractivity contribution is 7.13. The minimum atomic E-state index is -0.338. The van der Waals surface area contributed by atoms with Gasteiger partial charge in [0.05, 0.1) is 5.92 Å². The quantitative estimate of drug-likeness (QED) is 0.947. The summed E-state index contributed by atoms with van der Waals surface area (Å²) in [5.74, 6) is -0.482. The molecule has 0 bridgehead atoms. The Kier molecular flexibility index (Phi) is 3.94. The van der Waals surface area contributed by atoms with Gasteiger partial charge in [-0.2, -0.15) is 0 Å². The van der Waals surface area contributed by atoms with Gasteiger partial charge in [-0.1, -0.05) is 18.2 Å². The Labute approximate surface area is 133 Å². The lowest BCUT2D eigenvalue weighted by molar-refractivity contribution is -0.122. The molecule has 0 saturated carbocycles. The minimum Gasteiger partial charge on any atom is -0.311 e. The van der Waals surface area contributed by atoms with Crippen LogP contribution in [0.2, 0.25) is 0 Å². The van der Waals surface area contributed by atoms with E-state index in [1.54, 1.807) is 16.5 Å². The summed E-state index contributed by atoms with van der Waals surface area (Å²) >= 11 is 1.37. The van der Waals surface area contributed by atoms with Gasteiger partial charge in [0, 0.05) is 30.2 Å². The molecule has 1 aliphatic rings. The number of benzene rings is 1. The van der Waals surface area contributed by atoms with Crippen molar-refractivity contribution in [1.82, 2.24) is 4.98 Å². The SMILES string of the molecule is Cc1cccc(C)c1N1C[C@H](C(=O)Nc2nccs2)CC1=O. The lowest BCUT2D eigenvalue weighted by atomic mass is 10.1. The number of aromatic nitrogens is 1. The first-order valence-electron chi connectivity index (χ1n) is 7.13. The third kappa shape index (κ3) is 2.74. The number of amides is 2. The number of hydrogen-bond acceptors (Lipinski definition) is 4. The Morgan fingerprint density at radius 3 is 2.73 bits per heavy atom. The number of anilines is 2. The number of rotatable bonds is 3. The maximum absolute atomic E-state index is 12.3. The Morgan fingerprint density at radius 2 is 2.09 bits per heavy atom. The lowest BCUT2D eigenvalue weighted by Gasteiger charge is -2.21. The molecule has 0 unspecified atom stereocenters. The summed E-state index contributed by atoms with van der Waals surface area (Å²) in [5.41, 5.74) is 3.03. The van der Waals surface area contributed by atoms with Crippen LogP contribution in [0.3, 0.4) is 0 Å². The van der Waals surface area contributed by atoms with Crippen LogP contribution in [0.5, 0.6) is 0 Å². The van der Waals surface area contributed by atoms with Gasteiger partial charge in [-0.3, -0.25) is 9.59 Å². The van der Waals surface area contributed by atoms with Crippen LogP contribution < -0.4 is 10.2 Å². The van der Waals surface area contributed by atoms with Crippen LogP contribution in [0.25, 0.3) is 0 Å². The van der Waals surface area contributed by atoms with Gasteiger partial charge in [0.2, 0.25) is 11.8 Å². The van der Waals surface area contributed by atoms with E-state index in [-0.39, 0.29) is 24.2 Å². The average Bonchev–Trinajstić information content (AvgIpc) is 3.09. The zero-order chi connectivity index (χ0) is 15.7. The number of hydrogen-bond donors (Lipinski definition) is 1. The van der Waals surface area contributed by atoms with E-state index in [2.05, 4.69) is 10.3 Å². The molecule has 2 aromatic rings. The smallest absolute Gasteiger partial charge is 0.231 e. The van der Waals surface area contributed by atoms with E-state index >= 15 is 0 Å². The van der Waals surface area contributed by atoms with Crippen LogP contribution in [0.15, 0.2) is 29.8 Å². The van der Waals surface area contributed by atoms with Crippen LogP contribution in [0.1, 0.15) is 17.5 Å². The van der Waals surface area contributed by atoms with Crippen molar-refractivity contribution in [1.29, 1.82) is 0 Å². The highest BCUT2D eigenvalue weighted by atomic mass is 32.1. The van der Waals surface area contributed by atoms with E-state index in [0.29, 0.717) is 11.7 Å². The fraction of sp³-hybridized carbons (Fsp3) is 0.312. The molecule has 1 atom stereocenters. The van der Waals surface area contributed by atoms with E-state index in [1.807, 2.05) is 32.0 Å². The van der Waals surface area contributed by atoms with Crippen molar-refractivity contribution in [3.05, 3.63) is 40.9 Å². The monoisotopic (exact) mass is 315 g/mol. The van der Waals surface area contributed by atoms with Crippen LogP contribution in [-0.4, -0.2) is 23.3 Å². The molecule has 114 valence electrons. The lowest BCUT2D eigenvalue weighted by Crippen LogP contribution is -2.29. The van der Waals surface area contributed by atoms with Crippen molar-refractivity contribution in [2.24, 2.45) is 5.92 Å². The average molecular weight is 315 g/mol. The topological polar surface area (TPSA) is 62.3 Å². The van der Waals surface area contributed by atoms with Crippen LogP contribution in [-0.2, 0) is 9.59 Å². The van der Waals surface area contributed by atoms with Crippen molar-refractivity contribution in [3.63, 3.8) is 0 Å². The van der Waals surface area contributed by atoms with E-state index in [0.717, 1.165) is 16.8 Å². The van der Waals surface area contributed by atoms with Crippen LogP contribution in [0, 0.1) is 19.8 Å². The van der Waals surface area contributed by atoms with Gasteiger partial charge >= 0.3 is 0 Å². The van der Waals surface area contributed by atoms with E-state index in [1.165, 1.54) is 11.3 Å². The summed E-state index contributed by atoms with van der Waals surface area (Å²) in [6, 6.07) is 5.94. The van der Waals surface area contributed by atoms with Gasteiger partial charge in [-0.15, -0.1) is 11.3 Å². The van der Waals surface area contributed by atoms with Gasteiger partial charge < -0.3 is 10.2 Å². The molecular weight excluding hydrogens is 298 g/mol. The maximum Gasteiger partial charge on any atom is 0.231 e. The first-order chi connectivity index (χ1) is 10.6. The molecule has 1 aromatic heterocycles. The first kappa shape index (κ1) is 14.7. The molecule has 1 fully saturated rings. The molecule has 5 nitrogen and oxygen atoms in total. The van der Waals surface area contributed by atoms with Crippen molar-refractivity contribution in [3.8, 4) is 0 Å². The Balaban J connectivity index is 1.77. The zero-order valence-corrected chi connectivity index (χ0v) is 13.3. The summed E-state index contributed by atoms with van der Waals surface area (Å²) < 4.78 is 0. The Morgan fingerprint density at radius 1 is 1.36 bits per heavy atom. The summed E-state index contributed by atoms with van der Waals surface area (Å²) in [6.07, 6.45) is 1.88. The summed E-state index contributed by atoms with van der Waals surface area (Å²) in [5, 5.41) is 5.15. The predicted molar refractivity (Wildman–Crippen MR) is 87.1 cm³/mol. The summed E-state index contributed by atoms with van der Waals surface area (Å²) in [7, 11) is 0. The van der Waals surface area contributed by atoms with E-state index in [9.17, 15) is 9.59 Å². The first-order valence-corrected chi connectivity index (χ1v) is 8.01. The number of aryl methyl sites for hydroxylation is 2. The molecule has 0 aliphatic carbocycles. The standard InChI is InChI=1S/C16H17N3O2S/c1-10-4-3-5-11(2)14(10)19-9-12(8-13(19)20)15(21)18-16-17-6-7-22-16/h3-7,12H,8-9H2,1-2H3,(H,17,18,21)/t12-/m1/s1. The van der Waals surface area contributed by atoms with Crippen molar-refractivity contribution < 1.29 is 9.59 Å². The van der Waals surface area contributed by atoms with E-state index < -0.39 is 0 Å². The second-order valence-corrected chi connectivity index (χ2v) is 6.37. The number of nitrogens with zero attached hydrogens (tertiary/aromatic N) is 2. The third-order valence-electron chi connectivity index (χ3n) is 3.87. The molecule has 1 aliphatic heterocycles. The molecule has 6 heteroatoms. The molecule has 1 aromatic carbocycles. The summed E-state index contributed by atoms with van der Waals surface area (Å²) in [6.45, 7) is 4.39. The molecule has 1 N–H and O–H groups in total. The molecule has 0 radical (unpaired) electrons. The van der Waals surface area contributed by atoms with Gasteiger partial charge in [0.15, 0.2) is 5.13 Å². The third-order valence-corrected chi connectivity index (χ3v) is 4.56. The normalized spacial score (nSPS) is 17.8. The largest absolute Gasteiger partial charge is 0.311 e. The molecule has 22 heavy (non-hydrogen) atoms. The van der Waals surface area contributed by atoms with Crippen molar-refractivity contribution >= 4 is 34.0 Å². The number of carbonyl (C=O) groups excluding carboxylic acids is 2. The number of carbonyl (C=O) groups is 2. The van der Waals surface area contributed by atoms with Crippen molar-refractivity contribution in [2.75, 3.05) is 16.8 Å². The highest BCUT2D eigenvalue weighted by Crippen LogP contribution is 2.31. The van der Waals surface area contributed by atoms with Gasteiger partial charge in [0.1, 0.15) is 0 Å². The van der Waals surface area contributed by atoms with Crippen LogP contribution in [0.4, 0.5) is 10.8 Å². The maximum atomic E-state index is 12.3. The van der Waals surface area contributed by atoms with Gasteiger partial charge in [-0.25, -0.2) is 4.98 Å². The number of para-hydroxylation sites is 1. The Bertz CT molecular complexity index is 692. The highest BCUT2D eigenvalue weighted by Gasteiger charge is 2.36. The molecular formula is C16H17N3O2S. The molecule has 2 amide bonds. The predicted octanol–water partition coefficient (Wildman–Crippen LogP) is 2.75. The molecule has 0 spiro atoms. The minimum absolute atomic E-state index is 0.00307. The summed E-state index contributed by atoms with van der Waals surface area (Å²) in [4.78, 5) is 30.4. The number of thiazole rings is 1. The second-order valence-electron chi connectivity index (χ2n) is 5.47. The van der Waals surface area contributed by atoms with Gasteiger partial charge in [0.25, 0.3) is 0 Å². The van der Waals surface area contributed by atoms with Crippen LogP contribution >= 0.6 is 11.3 Å². The Hall–Kier alpha value is -2.21. The molecule has 2 heterocycles. The number of nitrogens with one attached hydrogen (secondary N) is 1. The molecule has 1 saturated heterocycles. The second kappa shape index (κ2) is 5.88. The fourth-order valence-corrected chi connectivity index (χ4v) is 3.36. The fourth-order valence-electron chi connectivity index (χ4n) is 2.82. The molecule has 3 rings (SSSR count).